The van der Waals surface area contributed by atoms with Crippen LogP contribution in [0.15, 0.2) is 23.2 Å². The molecule has 0 saturated heterocycles. The van der Waals surface area contributed by atoms with Gasteiger partial charge in [-0.2, -0.15) is 13.2 Å². The normalized spacial score (nSPS) is 13.9. The number of nitrogens with one attached hydrogen (secondary N) is 2. The number of hydrogen-bond donors (Lipinski definition) is 2. The largest absolute Gasteiger partial charge is 0.390 e. The van der Waals surface area contributed by atoms with Gasteiger partial charge in [0.25, 0.3) is 0 Å². The minimum atomic E-state index is -4.27. The molecule has 0 spiro atoms. The van der Waals surface area contributed by atoms with Crippen molar-refractivity contribution in [3.8, 4) is 0 Å². The molecule has 0 heterocycles. The monoisotopic (exact) mass is 366 g/mol. The summed E-state index contributed by atoms with van der Waals surface area (Å²) in [5.74, 6) is -1.22. The summed E-state index contributed by atoms with van der Waals surface area (Å²) in [5.41, 5.74) is -0.123. The number of nitrogens with zero attached hydrogens (tertiary/aromatic N) is 2. The lowest BCUT2D eigenvalue weighted by atomic mass is 10.0. The van der Waals surface area contributed by atoms with E-state index in [1.165, 1.54) is 6.07 Å². The SMILES string of the molecule is CCNC(=NCC(c1c(F)cccc1F)N(C)C)NCCC(F)(F)F. The molecule has 0 amide bonds. The van der Waals surface area contributed by atoms with Crippen LogP contribution in [0.4, 0.5) is 22.0 Å². The van der Waals surface area contributed by atoms with Crippen molar-refractivity contribution < 1.29 is 22.0 Å². The van der Waals surface area contributed by atoms with Gasteiger partial charge in [0.2, 0.25) is 0 Å². The van der Waals surface area contributed by atoms with Crippen molar-refractivity contribution in [2.24, 2.45) is 4.99 Å². The van der Waals surface area contributed by atoms with Gasteiger partial charge in [-0.15, -0.1) is 0 Å². The molecule has 0 aromatic heterocycles. The predicted octanol–water partition coefficient (Wildman–Crippen LogP) is 3.08. The average Bonchev–Trinajstić information content (AvgIpc) is 2.48. The molecular weight excluding hydrogens is 343 g/mol. The first-order chi connectivity index (χ1) is 11.7. The van der Waals surface area contributed by atoms with Gasteiger partial charge in [0, 0.05) is 18.7 Å². The number of aliphatic imine (C=N–C) groups is 1. The van der Waals surface area contributed by atoms with Crippen LogP contribution in [0.2, 0.25) is 0 Å². The number of rotatable bonds is 7. The molecule has 1 aromatic carbocycles. The second kappa shape index (κ2) is 9.55. The molecule has 9 heteroatoms. The molecule has 1 atom stereocenters. The fourth-order valence-corrected chi connectivity index (χ4v) is 2.18. The number of hydrogen-bond acceptors (Lipinski definition) is 2. The molecule has 1 rings (SSSR count). The van der Waals surface area contributed by atoms with E-state index >= 15 is 0 Å². The molecule has 142 valence electrons. The van der Waals surface area contributed by atoms with Crippen LogP contribution in [-0.4, -0.2) is 50.8 Å². The van der Waals surface area contributed by atoms with Crippen molar-refractivity contribution >= 4 is 5.96 Å². The lowest BCUT2D eigenvalue weighted by molar-refractivity contribution is -0.132. The van der Waals surface area contributed by atoms with Crippen molar-refractivity contribution in [1.82, 2.24) is 15.5 Å². The summed E-state index contributed by atoms with van der Waals surface area (Å²) in [5, 5.41) is 5.37. The van der Waals surface area contributed by atoms with Crippen LogP contribution in [0.5, 0.6) is 0 Å². The van der Waals surface area contributed by atoms with E-state index in [1.807, 2.05) is 0 Å². The first-order valence-corrected chi connectivity index (χ1v) is 7.85. The Bertz CT molecular complexity index is 552. The Balaban J connectivity index is 2.89. The lowest BCUT2D eigenvalue weighted by Crippen LogP contribution is -2.39. The average molecular weight is 366 g/mol. The molecule has 25 heavy (non-hydrogen) atoms. The van der Waals surface area contributed by atoms with Crippen molar-refractivity contribution in [3.05, 3.63) is 35.4 Å². The molecule has 0 radical (unpaired) electrons. The Hall–Kier alpha value is -1.90. The Morgan fingerprint density at radius 1 is 1.16 bits per heavy atom. The van der Waals surface area contributed by atoms with Crippen molar-refractivity contribution in [2.45, 2.75) is 25.6 Å². The highest BCUT2D eigenvalue weighted by atomic mass is 19.4. The summed E-state index contributed by atoms with van der Waals surface area (Å²) in [6.07, 6.45) is -5.27. The molecule has 4 nitrogen and oxygen atoms in total. The van der Waals surface area contributed by atoms with Gasteiger partial charge in [-0.25, -0.2) is 8.78 Å². The van der Waals surface area contributed by atoms with E-state index in [0.29, 0.717) is 6.54 Å². The zero-order chi connectivity index (χ0) is 19.0. The standard InChI is InChI=1S/C16H23F5N4/c1-4-22-15(23-9-8-16(19,20)21)24-10-13(25(2)3)14-11(17)6-5-7-12(14)18/h5-7,13H,4,8-10H2,1-3H3,(H2,22,23,24). The van der Waals surface area contributed by atoms with Crippen LogP contribution in [0.1, 0.15) is 24.9 Å². The van der Waals surface area contributed by atoms with Gasteiger partial charge in [-0.05, 0) is 33.2 Å². The van der Waals surface area contributed by atoms with Gasteiger partial charge in [0.05, 0.1) is 19.0 Å². The third-order valence-electron chi connectivity index (χ3n) is 3.42. The van der Waals surface area contributed by atoms with Crippen LogP contribution in [0, 0.1) is 11.6 Å². The Kier molecular flexibility index (Phi) is 8.08. The smallest absolute Gasteiger partial charge is 0.357 e. The quantitative estimate of drug-likeness (QED) is 0.443. The van der Waals surface area contributed by atoms with E-state index < -0.39 is 30.3 Å². The predicted molar refractivity (Wildman–Crippen MR) is 87.4 cm³/mol. The summed E-state index contributed by atoms with van der Waals surface area (Å²) < 4.78 is 64.7. The number of alkyl halides is 3. The third-order valence-corrected chi connectivity index (χ3v) is 3.42. The molecule has 0 bridgehead atoms. The zero-order valence-corrected chi connectivity index (χ0v) is 14.4. The maximum absolute atomic E-state index is 14.0. The van der Waals surface area contributed by atoms with E-state index in [9.17, 15) is 22.0 Å². The van der Waals surface area contributed by atoms with Crippen LogP contribution in [0.25, 0.3) is 0 Å². The van der Waals surface area contributed by atoms with E-state index in [0.717, 1.165) is 12.1 Å². The van der Waals surface area contributed by atoms with Gasteiger partial charge >= 0.3 is 6.18 Å². The topological polar surface area (TPSA) is 39.7 Å². The highest BCUT2D eigenvalue weighted by Crippen LogP contribution is 2.24. The third kappa shape index (κ3) is 7.25. The van der Waals surface area contributed by atoms with E-state index in [-0.39, 0.29) is 24.6 Å². The summed E-state index contributed by atoms with van der Waals surface area (Å²) >= 11 is 0. The Labute approximate surface area is 144 Å². The van der Waals surface area contributed by atoms with Crippen LogP contribution < -0.4 is 10.6 Å². The summed E-state index contributed by atoms with van der Waals surface area (Å²) in [6, 6.07) is 2.89. The number of likely N-dealkylation sites (N-methyl/N-ethyl adjacent to an activating group) is 1. The van der Waals surface area contributed by atoms with Crippen LogP contribution in [-0.2, 0) is 0 Å². The zero-order valence-electron chi connectivity index (χ0n) is 14.4. The highest BCUT2D eigenvalue weighted by molar-refractivity contribution is 5.79. The van der Waals surface area contributed by atoms with Crippen molar-refractivity contribution in [2.75, 3.05) is 33.7 Å². The van der Waals surface area contributed by atoms with Gasteiger partial charge in [0.15, 0.2) is 5.96 Å². The molecule has 1 aromatic rings. The molecule has 0 aliphatic rings. The first-order valence-electron chi connectivity index (χ1n) is 7.85. The van der Waals surface area contributed by atoms with Crippen molar-refractivity contribution in [3.63, 3.8) is 0 Å². The van der Waals surface area contributed by atoms with E-state index in [2.05, 4.69) is 15.6 Å². The van der Waals surface area contributed by atoms with Crippen LogP contribution in [0.3, 0.4) is 0 Å². The minimum absolute atomic E-state index is 0.0216. The molecular formula is C16H23F5N4. The number of halogens is 5. The second-order valence-electron chi connectivity index (χ2n) is 5.63. The maximum atomic E-state index is 14.0. The number of guanidine groups is 1. The Morgan fingerprint density at radius 3 is 2.24 bits per heavy atom. The van der Waals surface area contributed by atoms with Gasteiger partial charge in [-0.3, -0.25) is 4.99 Å². The molecule has 0 aliphatic carbocycles. The van der Waals surface area contributed by atoms with Gasteiger partial charge in [0.1, 0.15) is 11.6 Å². The Morgan fingerprint density at radius 2 is 1.76 bits per heavy atom. The summed E-state index contributed by atoms with van der Waals surface area (Å²) in [7, 11) is 3.30. The van der Waals surface area contributed by atoms with Crippen LogP contribution >= 0.6 is 0 Å². The molecule has 1 unspecified atom stereocenters. The second-order valence-corrected chi connectivity index (χ2v) is 5.63. The van der Waals surface area contributed by atoms with Gasteiger partial charge in [-0.1, -0.05) is 6.07 Å². The minimum Gasteiger partial charge on any atom is -0.357 e. The fraction of sp³-hybridized carbons (Fsp3) is 0.562. The first kappa shape index (κ1) is 21.1. The van der Waals surface area contributed by atoms with E-state index in [1.54, 1.807) is 25.9 Å². The summed E-state index contributed by atoms with van der Waals surface area (Å²) in [4.78, 5) is 5.77. The highest BCUT2D eigenvalue weighted by Gasteiger charge is 2.26. The fourth-order valence-electron chi connectivity index (χ4n) is 2.18. The molecule has 2 N–H and O–H groups in total. The van der Waals surface area contributed by atoms with Crippen molar-refractivity contribution in [1.29, 1.82) is 0 Å². The lowest BCUT2D eigenvalue weighted by Gasteiger charge is -2.24. The molecule has 0 aliphatic heterocycles. The van der Waals surface area contributed by atoms with Gasteiger partial charge < -0.3 is 15.5 Å². The molecule has 0 saturated carbocycles. The summed E-state index contributed by atoms with van der Waals surface area (Å²) in [6.45, 7) is 1.85. The van der Waals surface area contributed by atoms with E-state index in [4.69, 9.17) is 0 Å². The number of benzene rings is 1. The maximum Gasteiger partial charge on any atom is 0.390 e. The molecule has 0 fully saturated rings.